The second-order valence-corrected chi connectivity index (χ2v) is 5.93. The maximum Gasteiger partial charge on any atom is 0.191 e. The summed E-state index contributed by atoms with van der Waals surface area (Å²) in [6.07, 6.45) is 1.51. The first kappa shape index (κ1) is 18.4. The molecule has 7 nitrogen and oxygen atoms in total. The van der Waals surface area contributed by atoms with Crippen LogP contribution in [0.5, 0.6) is 5.75 Å². The van der Waals surface area contributed by atoms with Crippen molar-refractivity contribution in [1.82, 2.24) is 25.8 Å². The summed E-state index contributed by atoms with van der Waals surface area (Å²) in [5.41, 5.74) is 3.26. The summed E-state index contributed by atoms with van der Waals surface area (Å²) < 4.78 is 5.19. The van der Waals surface area contributed by atoms with Gasteiger partial charge < -0.3 is 15.4 Å². The molecule has 0 amide bonds. The molecule has 0 bridgehead atoms. The van der Waals surface area contributed by atoms with Gasteiger partial charge in [-0.2, -0.15) is 5.10 Å². The van der Waals surface area contributed by atoms with E-state index in [1.54, 1.807) is 7.11 Å². The third-order valence-corrected chi connectivity index (χ3v) is 4.00. The number of H-pyrrole nitrogens is 1. The monoisotopic (exact) mass is 364 g/mol. The van der Waals surface area contributed by atoms with Crippen molar-refractivity contribution in [3.05, 3.63) is 66.0 Å². The average molecular weight is 364 g/mol. The minimum atomic E-state index is 0.569. The van der Waals surface area contributed by atoms with Gasteiger partial charge in [0.2, 0.25) is 0 Å². The molecule has 27 heavy (non-hydrogen) atoms. The van der Waals surface area contributed by atoms with E-state index in [-0.39, 0.29) is 0 Å². The maximum atomic E-state index is 5.19. The molecule has 1 heterocycles. The van der Waals surface area contributed by atoms with Gasteiger partial charge >= 0.3 is 0 Å². The highest BCUT2D eigenvalue weighted by Gasteiger charge is 2.03. The zero-order valence-electron chi connectivity index (χ0n) is 15.6. The largest absolute Gasteiger partial charge is 0.497 e. The van der Waals surface area contributed by atoms with Gasteiger partial charge in [-0.3, -0.25) is 5.10 Å². The van der Waals surface area contributed by atoms with Crippen molar-refractivity contribution in [3.8, 4) is 17.1 Å². The van der Waals surface area contributed by atoms with Crippen molar-refractivity contribution in [2.24, 2.45) is 4.99 Å². The lowest BCUT2D eigenvalue weighted by Crippen LogP contribution is -2.36. The number of nitrogens with one attached hydrogen (secondary N) is 3. The van der Waals surface area contributed by atoms with E-state index >= 15 is 0 Å². The van der Waals surface area contributed by atoms with Gasteiger partial charge in [0.05, 0.1) is 13.7 Å². The van der Waals surface area contributed by atoms with Crippen molar-refractivity contribution in [1.29, 1.82) is 0 Å². The number of benzene rings is 2. The molecule has 0 unspecified atom stereocenters. The Morgan fingerprint density at radius 2 is 1.96 bits per heavy atom. The highest BCUT2D eigenvalue weighted by atomic mass is 16.5. The van der Waals surface area contributed by atoms with Crippen LogP contribution < -0.4 is 15.4 Å². The lowest BCUT2D eigenvalue weighted by atomic mass is 10.1. The van der Waals surface area contributed by atoms with E-state index in [0.29, 0.717) is 13.1 Å². The van der Waals surface area contributed by atoms with E-state index in [9.17, 15) is 0 Å². The topological polar surface area (TPSA) is 87.2 Å². The molecule has 3 rings (SSSR count). The SMILES string of the molecule is CCNC(=NCc1cccc(-c2ncn[nH]2)c1)NCc1ccc(OC)cc1. The number of guanidine groups is 1. The zero-order chi connectivity index (χ0) is 18.9. The van der Waals surface area contributed by atoms with Gasteiger partial charge in [-0.25, -0.2) is 9.98 Å². The lowest BCUT2D eigenvalue weighted by molar-refractivity contribution is 0.414. The molecule has 140 valence electrons. The van der Waals surface area contributed by atoms with Crippen LogP contribution in [-0.4, -0.2) is 34.8 Å². The second kappa shape index (κ2) is 9.38. The molecule has 0 aliphatic carbocycles. The molecule has 2 aromatic carbocycles. The molecular formula is C20H24N6O. The Kier molecular flexibility index (Phi) is 6.40. The molecule has 0 fully saturated rings. The van der Waals surface area contributed by atoms with Crippen LogP contribution in [0.4, 0.5) is 0 Å². The smallest absolute Gasteiger partial charge is 0.191 e. The molecule has 0 aliphatic rings. The molecule has 1 aromatic heterocycles. The van der Waals surface area contributed by atoms with Crippen LogP contribution in [0, 0.1) is 0 Å². The number of aliphatic imine (C=N–C) groups is 1. The van der Waals surface area contributed by atoms with Crippen LogP contribution in [0.3, 0.4) is 0 Å². The number of methoxy groups -OCH3 is 1. The summed E-state index contributed by atoms with van der Waals surface area (Å²) >= 11 is 0. The summed E-state index contributed by atoms with van der Waals surface area (Å²) in [5.74, 6) is 2.38. The lowest BCUT2D eigenvalue weighted by Gasteiger charge is -2.12. The van der Waals surface area contributed by atoms with Gasteiger partial charge in [0.1, 0.15) is 12.1 Å². The maximum absolute atomic E-state index is 5.19. The summed E-state index contributed by atoms with van der Waals surface area (Å²) in [6.45, 7) is 4.11. The Bertz CT molecular complexity index is 858. The molecule has 0 aliphatic heterocycles. The first-order chi connectivity index (χ1) is 13.3. The molecule has 0 radical (unpaired) electrons. The highest BCUT2D eigenvalue weighted by molar-refractivity contribution is 5.79. The predicted octanol–water partition coefficient (Wildman–Crippen LogP) is 2.74. The van der Waals surface area contributed by atoms with Crippen molar-refractivity contribution in [2.75, 3.05) is 13.7 Å². The van der Waals surface area contributed by atoms with Gasteiger partial charge in [0, 0.05) is 18.7 Å². The zero-order valence-corrected chi connectivity index (χ0v) is 15.6. The molecule has 3 N–H and O–H groups in total. The highest BCUT2D eigenvalue weighted by Crippen LogP contribution is 2.16. The van der Waals surface area contributed by atoms with E-state index in [4.69, 9.17) is 4.74 Å². The Labute approximate surface area is 158 Å². The summed E-state index contributed by atoms with van der Waals surface area (Å²) in [4.78, 5) is 8.87. The second-order valence-electron chi connectivity index (χ2n) is 5.93. The Balaban J connectivity index is 1.63. The van der Waals surface area contributed by atoms with Crippen LogP contribution in [0.15, 0.2) is 59.9 Å². The van der Waals surface area contributed by atoms with Crippen molar-refractivity contribution in [3.63, 3.8) is 0 Å². The predicted molar refractivity (Wildman–Crippen MR) is 106 cm³/mol. The molecule has 0 saturated heterocycles. The summed E-state index contributed by atoms with van der Waals surface area (Å²) in [7, 11) is 1.67. The number of aromatic amines is 1. The van der Waals surface area contributed by atoms with Gasteiger partial charge in [-0.05, 0) is 36.2 Å². The normalized spacial score (nSPS) is 11.3. The number of hydrogen-bond donors (Lipinski definition) is 3. The van der Waals surface area contributed by atoms with Gasteiger partial charge in [0.15, 0.2) is 11.8 Å². The van der Waals surface area contributed by atoms with Crippen LogP contribution in [0.2, 0.25) is 0 Å². The molecule has 0 saturated carbocycles. The number of aromatic nitrogens is 3. The van der Waals surface area contributed by atoms with Crippen LogP contribution in [0.25, 0.3) is 11.4 Å². The van der Waals surface area contributed by atoms with E-state index in [2.05, 4.69) is 49.9 Å². The standard InChI is InChI=1S/C20H24N6O/c1-3-21-20(22-12-15-7-9-18(27-2)10-8-15)23-13-16-5-4-6-17(11-16)19-24-14-25-26-19/h4-11,14H,3,12-13H2,1-2H3,(H2,21,22,23)(H,24,25,26). The first-order valence-electron chi connectivity index (χ1n) is 8.88. The average Bonchev–Trinajstić information content (AvgIpc) is 3.26. The van der Waals surface area contributed by atoms with E-state index < -0.39 is 0 Å². The molecule has 7 heteroatoms. The van der Waals surface area contributed by atoms with Crippen molar-refractivity contribution in [2.45, 2.75) is 20.0 Å². The molecule has 0 spiro atoms. The van der Waals surface area contributed by atoms with Crippen LogP contribution in [0.1, 0.15) is 18.1 Å². The summed E-state index contributed by atoms with van der Waals surface area (Å²) in [5, 5.41) is 13.4. The van der Waals surface area contributed by atoms with Gasteiger partial charge in [0.25, 0.3) is 0 Å². The number of rotatable bonds is 7. The quantitative estimate of drug-likeness (QED) is 0.443. The summed E-state index contributed by atoms with van der Waals surface area (Å²) in [6, 6.07) is 16.1. The Morgan fingerprint density at radius 1 is 1.11 bits per heavy atom. The Morgan fingerprint density at radius 3 is 2.67 bits per heavy atom. The van der Waals surface area contributed by atoms with Gasteiger partial charge in [-0.1, -0.05) is 30.3 Å². The molecular weight excluding hydrogens is 340 g/mol. The fourth-order valence-corrected chi connectivity index (χ4v) is 2.60. The Hall–Kier alpha value is -3.35. The van der Waals surface area contributed by atoms with Crippen molar-refractivity contribution >= 4 is 5.96 Å². The third-order valence-electron chi connectivity index (χ3n) is 4.00. The fraction of sp³-hybridized carbons (Fsp3) is 0.250. The first-order valence-corrected chi connectivity index (χ1v) is 8.88. The molecule has 3 aromatic rings. The third kappa shape index (κ3) is 5.31. The minimum Gasteiger partial charge on any atom is -0.497 e. The van der Waals surface area contributed by atoms with Crippen molar-refractivity contribution < 1.29 is 4.74 Å². The minimum absolute atomic E-state index is 0.569. The number of nitrogens with zero attached hydrogens (tertiary/aromatic N) is 3. The van der Waals surface area contributed by atoms with E-state index in [1.807, 2.05) is 36.4 Å². The van der Waals surface area contributed by atoms with Crippen LogP contribution >= 0.6 is 0 Å². The van der Waals surface area contributed by atoms with E-state index in [0.717, 1.165) is 40.8 Å². The van der Waals surface area contributed by atoms with E-state index in [1.165, 1.54) is 6.33 Å². The molecule has 0 atom stereocenters. The van der Waals surface area contributed by atoms with Crippen LogP contribution in [-0.2, 0) is 13.1 Å². The number of ether oxygens (including phenoxy) is 1. The van der Waals surface area contributed by atoms with Gasteiger partial charge in [-0.15, -0.1) is 0 Å². The number of hydrogen-bond acceptors (Lipinski definition) is 4. The fourth-order valence-electron chi connectivity index (χ4n) is 2.60.